The highest BCUT2D eigenvalue weighted by molar-refractivity contribution is 7.13. The van der Waals surface area contributed by atoms with Gasteiger partial charge in [0.15, 0.2) is 0 Å². The Morgan fingerprint density at radius 3 is 2.51 bits per heavy atom. The molecule has 35 heavy (non-hydrogen) atoms. The molecule has 7 nitrogen and oxygen atoms in total. The first kappa shape index (κ1) is 23.0. The Kier molecular flexibility index (Phi) is 7.02. The summed E-state index contributed by atoms with van der Waals surface area (Å²) in [5, 5.41) is 15.5. The van der Waals surface area contributed by atoms with E-state index in [0.717, 1.165) is 46.1 Å². The minimum Gasteiger partial charge on any atom is -0.497 e. The van der Waals surface area contributed by atoms with Crippen molar-refractivity contribution in [3.8, 4) is 33.5 Å². The van der Waals surface area contributed by atoms with Crippen molar-refractivity contribution >= 4 is 11.3 Å². The van der Waals surface area contributed by atoms with Crippen molar-refractivity contribution in [2.24, 2.45) is 0 Å². The second kappa shape index (κ2) is 10.7. The van der Waals surface area contributed by atoms with Crippen molar-refractivity contribution in [2.45, 2.75) is 26.4 Å². The van der Waals surface area contributed by atoms with Crippen LogP contribution in [0.5, 0.6) is 5.75 Å². The van der Waals surface area contributed by atoms with E-state index in [2.05, 4.69) is 52.5 Å². The van der Waals surface area contributed by atoms with E-state index >= 15 is 0 Å². The van der Waals surface area contributed by atoms with Crippen LogP contribution in [-0.2, 0) is 13.1 Å². The Morgan fingerprint density at radius 2 is 1.80 bits per heavy atom. The summed E-state index contributed by atoms with van der Waals surface area (Å²) < 4.78 is 13.3. The zero-order chi connectivity index (χ0) is 24.0. The minimum absolute atomic E-state index is 0.572. The van der Waals surface area contributed by atoms with Gasteiger partial charge in [0.2, 0.25) is 5.89 Å². The van der Waals surface area contributed by atoms with Gasteiger partial charge >= 0.3 is 0 Å². The number of methoxy groups -OCH3 is 1. The SMILES string of the molecule is CCCN(Cc1nnc(-c2cccs2)o1)Cc1cn(-c2ccccc2)nc1-c1ccc(OC)cc1. The molecule has 3 heterocycles. The Balaban J connectivity index is 1.44. The lowest BCUT2D eigenvalue weighted by Gasteiger charge is -2.19. The molecule has 0 saturated heterocycles. The van der Waals surface area contributed by atoms with Crippen LogP contribution < -0.4 is 4.74 Å². The maximum atomic E-state index is 5.97. The number of aromatic nitrogens is 4. The summed E-state index contributed by atoms with van der Waals surface area (Å²) in [6.07, 6.45) is 3.12. The summed E-state index contributed by atoms with van der Waals surface area (Å²) in [4.78, 5) is 3.31. The molecule has 2 aromatic carbocycles. The smallest absolute Gasteiger partial charge is 0.257 e. The van der Waals surface area contributed by atoms with Gasteiger partial charge in [0, 0.05) is 23.9 Å². The Hall–Kier alpha value is -3.75. The molecule has 8 heteroatoms. The van der Waals surface area contributed by atoms with Gasteiger partial charge in [0.25, 0.3) is 5.89 Å². The normalized spacial score (nSPS) is 11.3. The number of nitrogens with zero attached hydrogens (tertiary/aromatic N) is 5. The third-order valence-electron chi connectivity index (χ3n) is 5.67. The fourth-order valence-corrected chi connectivity index (χ4v) is 4.65. The molecule has 0 aliphatic heterocycles. The number of ether oxygens (including phenoxy) is 1. The molecule has 178 valence electrons. The molecule has 5 aromatic rings. The van der Waals surface area contributed by atoms with E-state index in [0.29, 0.717) is 24.9 Å². The van der Waals surface area contributed by atoms with Crippen molar-refractivity contribution < 1.29 is 9.15 Å². The van der Waals surface area contributed by atoms with Gasteiger partial charge in [0.1, 0.15) is 5.75 Å². The van der Waals surface area contributed by atoms with Crippen molar-refractivity contribution in [3.05, 3.63) is 89.8 Å². The van der Waals surface area contributed by atoms with E-state index in [1.165, 1.54) is 0 Å². The largest absolute Gasteiger partial charge is 0.497 e. The van der Waals surface area contributed by atoms with Gasteiger partial charge < -0.3 is 9.15 Å². The molecule has 0 amide bonds. The molecule has 3 aromatic heterocycles. The van der Waals surface area contributed by atoms with Gasteiger partial charge in [0.05, 0.1) is 29.9 Å². The van der Waals surface area contributed by atoms with Gasteiger partial charge in [-0.25, -0.2) is 4.68 Å². The molecule has 0 saturated carbocycles. The van der Waals surface area contributed by atoms with Gasteiger partial charge in [-0.05, 0) is 60.8 Å². The van der Waals surface area contributed by atoms with Crippen LogP contribution in [-0.4, -0.2) is 38.5 Å². The van der Waals surface area contributed by atoms with Crippen molar-refractivity contribution in [1.29, 1.82) is 0 Å². The molecule has 5 rings (SSSR count). The van der Waals surface area contributed by atoms with Crippen LogP contribution >= 0.6 is 11.3 Å². The number of hydrogen-bond acceptors (Lipinski definition) is 7. The van der Waals surface area contributed by atoms with Crippen LogP contribution in [0.25, 0.3) is 27.7 Å². The lowest BCUT2D eigenvalue weighted by molar-refractivity contribution is 0.232. The van der Waals surface area contributed by atoms with Gasteiger partial charge in [-0.3, -0.25) is 4.90 Å². The molecule has 0 aliphatic rings. The molecular weight excluding hydrogens is 458 g/mol. The lowest BCUT2D eigenvalue weighted by Crippen LogP contribution is -2.24. The van der Waals surface area contributed by atoms with E-state index < -0.39 is 0 Å². The first-order chi connectivity index (χ1) is 17.2. The van der Waals surface area contributed by atoms with Crippen molar-refractivity contribution in [3.63, 3.8) is 0 Å². The molecule has 0 spiro atoms. The molecule has 0 atom stereocenters. The fraction of sp³-hybridized carbons (Fsp3) is 0.222. The van der Waals surface area contributed by atoms with Crippen LogP contribution in [0.2, 0.25) is 0 Å². The van der Waals surface area contributed by atoms with Crippen LogP contribution in [0, 0.1) is 0 Å². The van der Waals surface area contributed by atoms with Gasteiger partial charge in [-0.15, -0.1) is 21.5 Å². The monoisotopic (exact) mass is 485 g/mol. The highest BCUT2D eigenvalue weighted by atomic mass is 32.1. The zero-order valence-electron chi connectivity index (χ0n) is 19.8. The van der Waals surface area contributed by atoms with Crippen LogP contribution in [0.3, 0.4) is 0 Å². The first-order valence-electron chi connectivity index (χ1n) is 11.6. The third kappa shape index (κ3) is 5.34. The average Bonchev–Trinajstić information content (AvgIpc) is 3.66. The average molecular weight is 486 g/mol. The zero-order valence-corrected chi connectivity index (χ0v) is 20.6. The predicted octanol–water partition coefficient (Wildman–Crippen LogP) is 6.07. The predicted molar refractivity (Wildman–Crippen MR) is 138 cm³/mol. The lowest BCUT2D eigenvalue weighted by atomic mass is 10.1. The summed E-state index contributed by atoms with van der Waals surface area (Å²) in [6, 6.07) is 22.2. The first-order valence-corrected chi connectivity index (χ1v) is 12.5. The van der Waals surface area contributed by atoms with Crippen molar-refractivity contribution in [1.82, 2.24) is 24.9 Å². The maximum absolute atomic E-state index is 5.97. The fourth-order valence-electron chi connectivity index (χ4n) is 4.01. The van der Waals surface area contributed by atoms with E-state index in [4.69, 9.17) is 14.3 Å². The highest BCUT2D eigenvalue weighted by Gasteiger charge is 2.18. The molecule has 0 aliphatic carbocycles. The molecule has 0 radical (unpaired) electrons. The standard InChI is InChI=1S/C27H27N5O2S/c1-3-15-31(19-25-28-29-27(34-25)24-10-7-16-35-24)17-21-18-32(22-8-5-4-6-9-22)30-26(21)20-11-13-23(33-2)14-12-20/h4-14,16,18H,3,15,17,19H2,1-2H3. The summed E-state index contributed by atoms with van der Waals surface area (Å²) in [5.41, 5.74) is 4.14. The summed E-state index contributed by atoms with van der Waals surface area (Å²) >= 11 is 1.59. The Labute approximate surface area is 208 Å². The number of thiophene rings is 1. The molecular formula is C27H27N5O2S. The number of hydrogen-bond donors (Lipinski definition) is 0. The quantitative estimate of drug-likeness (QED) is 0.239. The van der Waals surface area contributed by atoms with Crippen molar-refractivity contribution in [2.75, 3.05) is 13.7 Å². The number of benzene rings is 2. The molecule has 0 bridgehead atoms. The van der Waals surface area contributed by atoms with Crippen LogP contribution in [0.1, 0.15) is 24.8 Å². The third-order valence-corrected chi connectivity index (χ3v) is 6.52. The van der Waals surface area contributed by atoms with Crippen LogP contribution in [0.15, 0.2) is 82.7 Å². The number of rotatable bonds is 10. The van der Waals surface area contributed by atoms with E-state index in [9.17, 15) is 0 Å². The summed E-state index contributed by atoms with van der Waals surface area (Å²) in [7, 11) is 1.68. The van der Waals surface area contributed by atoms with Gasteiger partial charge in [-0.2, -0.15) is 5.10 Å². The summed E-state index contributed by atoms with van der Waals surface area (Å²) in [5.74, 6) is 2.01. The second-order valence-electron chi connectivity index (χ2n) is 8.20. The second-order valence-corrected chi connectivity index (χ2v) is 9.15. The van der Waals surface area contributed by atoms with E-state index in [1.807, 2.05) is 52.5 Å². The van der Waals surface area contributed by atoms with E-state index in [-0.39, 0.29) is 0 Å². The Bertz CT molecular complexity index is 1340. The van der Waals surface area contributed by atoms with Gasteiger partial charge in [-0.1, -0.05) is 31.2 Å². The minimum atomic E-state index is 0.572. The topological polar surface area (TPSA) is 69.2 Å². The molecule has 0 fully saturated rings. The molecule has 0 unspecified atom stereocenters. The van der Waals surface area contributed by atoms with Crippen LogP contribution in [0.4, 0.5) is 0 Å². The summed E-state index contributed by atoms with van der Waals surface area (Å²) in [6.45, 7) is 4.36. The highest BCUT2D eigenvalue weighted by Crippen LogP contribution is 2.28. The van der Waals surface area contributed by atoms with E-state index in [1.54, 1.807) is 18.4 Å². The maximum Gasteiger partial charge on any atom is 0.257 e. The molecule has 0 N–H and O–H groups in total. The Morgan fingerprint density at radius 1 is 0.971 bits per heavy atom. The number of para-hydroxylation sites is 1.